The molecule has 2 aromatic rings. The molecule has 2 heterocycles. The summed E-state index contributed by atoms with van der Waals surface area (Å²) < 4.78 is 45.4. The molecule has 22 heavy (non-hydrogen) atoms. The average molecular weight is 314 g/mol. The van der Waals surface area contributed by atoms with Crippen molar-refractivity contribution in [2.75, 3.05) is 6.61 Å². The fourth-order valence-electron chi connectivity index (χ4n) is 2.16. The maximum atomic E-state index is 13.1. The van der Waals surface area contributed by atoms with E-state index in [0.29, 0.717) is 17.8 Å². The van der Waals surface area contributed by atoms with Crippen molar-refractivity contribution < 1.29 is 22.7 Å². The molecule has 0 saturated carbocycles. The monoisotopic (exact) mass is 314 g/mol. The highest BCUT2D eigenvalue weighted by atomic mass is 19.4. The number of imidazole rings is 1. The Morgan fingerprint density at radius 3 is 2.59 bits per heavy atom. The number of nitrogens with zero attached hydrogens (tertiary/aromatic N) is 2. The first-order valence-electron chi connectivity index (χ1n) is 7.00. The Labute approximate surface area is 125 Å². The topological polar surface area (TPSA) is 43.6 Å². The number of rotatable bonds is 4. The summed E-state index contributed by atoms with van der Waals surface area (Å²) in [5.74, 6) is -0.655. The van der Waals surface area contributed by atoms with Crippen LogP contribution in [0.4, 0.5) is 13.2 Å². The lowest BCUT2D eigenvalue weighted by Crippen LogP contribution is -2.15. The zero-order valence-corrected chi connectivity index (χ0v) is 12.6. The summed E-state index contributed by atoms with van der Waals surface area (Å²) in [6.07, 6.45) is -2.97. The molecule has 0 aliphatic carbocycles. The molecule has 0 N–H and O–H groups in total. The van der Waals surface area contributed by atoms with Gasteiger partial charge in [0.2, 0.25) is 0 Å². The largest absolute Gasteiger partial charge is 0.462 e. The molecular formula is C15H17F3N2O2. The van der Waals surface area contributed by atoms with Crippen LogP contribution < -0.4 is 0 Å². The van der Waals surface area contributed by atoms with Gasteiger partial charge in [-0.05, 0) is 32.4 Å². The first-order valence-corrected chi connectivity index (χ1v) is 7.00. The minimum Gasteiger partial charge on any atom is -0.462 e. The van der Waals surface area contributed by atoms with Gasteiger partial charge in [-0.25, -0.2) is 9.78 Å². The Morgan fingerprint density at radius 1 is 1.32 bits per heavy atom. The van der Waals surface area contributed by atoms with Crippen molar-refractivity contribution in [3.8, 4) is 0 Å². The van der Waals surface area contributed by atoms with Gasteiger partial charge in [-0.2, -0.15) is 13.2 Å². The molecule has 0 aliphatic heterocycles. The van der Waals surface area contributed by atoms with E-state index in [4.69, 9.17) is 4.74 Å². The molecule has 0 spiro atoms. The summed E-state index contributed by atoms with van der Waals surface area (Å²) in [7, 11) is 0. The molecule has 0 fully saturated rings. The van der Waals surface area contributed by atoms with Crippen molar-refractivity contribution in [3.63, 3.8) is 0 Å². The summed E-state index contributed by atoms with van der Waals surface area (Å²) >= 11 is 0. The molecule has 0 amide bonds. The Morgan fingerprint density at radius 2 is 2.00 bits per heavy atom. The van der Waals surface area contributed by atoms with Crippen LogP contribution in [-0.4, -0.2) is 22.0 Å². The van der Waals surface area contributed by atoms with E-state index >= 15 is 0 Å². The molecule has 2 rings (SSSR count). The number of aromatic nitrogens is 2. The first kappa shape index (κ1) is 16.3. The summed E-state index contributed by atoms with van der Waals surface area (Å²) in [6, 6.07) is 2.01. The Balaban J connectivity index is 2.55. The van der Waals surface area contributed by atoms with Crippen molar-refractivity contribution in [2.45, 2.75) is 39.8 Å². The summed E-state index contributed by atoms with van der Waals surface area (Å²) in [6.45, 7) is 5.33. The van der Waals surface area contributed by atoms with E-state index in [9.17, 15) is 18.0 Å². The lowest BCUT2D eigenvalue weighted by Gasteiger charge is -2.13. The van der Waals surface area contributed by atoms with E-state index in [-0.39, 0.29) is 17.8 Å². The molecule has 0 saturated heterocycles. The quantitative estimate of drug-likeness (QED) is 0.634. The molecule has 4 nitrogen and oxygen atoms in total. The number of carbonyl (C=O) groups is 1. The van der Waals surface area contributed by atoms with Crippen LogP contribution >= 0.6 is 0 Å². The number of halogens is 3. The molecule has 0 atom stereocenters. The van der Waals surface area contributed by atoms with E-state index < -0.39 is 17.8 Å². The second-order valence-corrected chi connectivity index (χ2v) is 5.06. The van der Waals surface area contributed by atoms with Gasteiger partial charge in [-0.15, -0.1) is 0 Å². The molecule has 2 aromatic heterocycles. The Kier molecular flexibility index (Phi) is 4.44. The van der Waals surface area contributed by atoms with Crippen molar-refractivity contribution in [2.24, 2.45) is 0 Å². The van der Waals surface area contributed by atoms with Crippen LogP contribution in [0.5, 0.6) is 0 Å². The van der Waals surface area contributed by atoms with Crippen LogP contribution in [0.2, 0.25) is 0 Å². The standard InChI is InChI=1S/C15H17F3N2O2/c1-4-5-8-22-14(21)11-6-7-12(15(16,17)18)20-10(3)9(2)19-13(11)20/h6-7H,4-5,8H2,1-3H3. The van der Waals surface area contributed by atoms with E-state index in [1.165, 1.54) is 6.92 Å². The van der Waals surface area contributed by atoms with Gasteiger partial charge in [0.1, 0.15) is 11.3 Å². The number of alkyl halides is 3. The highest BCUT2D eigenvalue weighted by molar-refractivity contribution is 5.96. The van der Waals surface area contributed by atoms with Gasteiger partial charge >= 0.3 is 12.1 Å². The minimum atomic E-state index is -4.53. The normalized spacial score (nSPS) is 11.9. The van der Waals surface area contributed by atoms with Gasteiger partial charge in [0.15, 0.2) is 5.65 Å². The van der Waals surface area contributed by atoms with E-state index in [1.54, 1.807) is 6.92 Å². The number of ether oxygens (including phenoxy) is 1. The van der Waals surface area contributed by atoms with Gasteiger partial charge in [0.25, 0.3) is 0 Å². The number of esters is 1. The predicted octanol–water partition coefficient (Wildman–Crippen LogP) is 3.93. The smallest absolute Gasteiger partial charge is 0.431 e. The van der Waals surface area contributed by atoms with E-state index in [2.05, 4.69) is 4.98 Å². The zero-order chi connectivity index (χ0) is 16.5. The number of unbranched alkanes of at least 4 members (excludes halogenated alkanes) is 1. The van der Waals surface area contributed by atoms with Crippen LogP contribution in [0.25, 0.3) is 5.65 Å². The van der Waals surface area contributed by atoms with Crippen LogP contribution in [-0.2, 0) is 10.9 Å². The van der Waals surface area contributed by atoms with Crippen LogP contribution in [0, 0.1) is 13.8 Å². The van der Waals surface area contributed by atoms with Crippen molar-refractivity contribution >= 4 is 11.6 Å². The predicted molar refractivity (Wildman–Crippen MR) is 74.9 cm³/mol. The molecule has 120 valence electrons. The number of fused-ring (bicyclic) bond motifs is 1. The molecular weight excluding hydrogens is 297 g/mol. The molecule has 0 bridgehead atoms. The van der Waals surface area contributed by atoms with Gasteiger partial charge < -0.3 is 4.74 Å². The number of carbonyl (C=O) groups excluding carboxylic acids is 1. The van der Waals surface area contributed by atoms with Gasteiger partial charge in [0.05, 0.1) is 12.3 Å². The fourth-order valence-corrected chi connectivity index (χ4v) is 2.16. The summed E-state index contributed by atoms with van der Waals surface area (Å²) in [5, 5.41) is 0. The van der Waals surface area contributed by atoms with Crippen LogP contribution in [0.1, 0.15) is 47.2 Å². The molecule has 7 heteroatoms. The van der Waals surface area contributed by atoms with E-state index in [0.717, 1.165) is 23.0 Å². The maximum Gasteiger partial charge on any atom is 0.431 e. The highest BCUT2D eigenvalue weighted by Gasteiger charge is 2.35. The first-order chi connectivity index (χ1) is 10.3. The lowest BCUT2D eigenvalue weighted by molar-refractivity contribution is -0.142. The van der Waals surface area contributed by atoms with Crippen molar-refractivity contribution in [3.05, 3.63) is 34.8 Å². The van der Waals surface area contributed by atoms with Gasteiger partial charge in [0, 0.05) is 5.69 Å². The maximum absolute atomic E-state index is 13.1. The summed E-state index contributed by atoms with van der Waals surface area (Å²) in [5.41, 5.74) is -0.0397. The lowest BCUT2D eigenvalue weighted by atomic mass is 10.2. The van der Waals surface area contributed by atoms with Crippen molar-refractivity contribution in [1.29, 1.82) is 0 Å². The number of aryl methyl sites for hydroxylation is 2. The Bertz CT molecular complexity index is 705. The van der Waals surface area contributed by atoms with Crippen LogP contribution in [0.3, 0.4) is 0 Å². The molecule has 0 unspecified atom stereocenters. The molecule has 0 radical (unpaired) electrons. The minimum absolute atomic E-state index is 0.0219. The third-order valence-electron chi connectivity index (χ3n) is 3.48. The van der Waals surface area contributed by atoms with Gasteiger partial charge in [-0.3, -0.25) is 4.40 Å². The molecule has 0 aliphatic rings. The second-order valence-electron chi connectivity index (χ2n) is 5.06. The Hall–Kier alpha value is -2.05. The third-order valence-corrected chi connectivity index (χ3v) is 3.48. The third kappa shape index (κ3) is 2.93. The molecule has 0 aromatic carbocycles. The number of hydrogen-bond donors (Lipinski definition) is 0. The fraction of sp³-hybridized carbons (Fsp3) is 0.467. The highest BCUT2D eigenvalue weighted by Crippen LogP contribution is 2.32. The average Bonchev–Trinajstić information content (AvgIpc) is 2.73. The summed E-state index contributed by atoms with van der Waals surface area (Å²) in [4.78, 5) is 16.2. The zero-order valence-electron chi connectivity index (χ0n) is 12.6. The van der Waals surface area contributed by atoms with Gasteiger partial charge in [-0.1, -0.05) is 13.3 Å². The van der Waals surface area contributed by atoms with E-state index in [1.807, 2.05) is 6.92 Å². The SMILES string of the molecule is CCCCOC(=O)c1ccc(C(F)(F)F)n2c(C)c(C)nc12. The van der Waals surface area contributed by atoms with Crippen LogP contribution in [0.15, 0.2) is 12.1 Å². The number of hydrogen-bond acceptors (Lipinski definition) is 3. The second kappa shape index (κ2) is 5.98. The number of pyridine rings is 1. The van der Waals surface area contributed by atoms with Crippen molar-refractivity contribution in [1.82, 2.24) is 9.38 Å².